The summed E-state index contributed by atoms with van der Waals surface area (Å²) in [4.78, 5) is 4.47. The molecular formula is C12H12Cl2N2S. The average molecular weight is 287 g/mol. The van der Waals surface area contributed by atoms with Gasteiger partial charge >= 0.3 is 0 Å². The van der Waals surface area contributed by atoms with Crippen molar-refractivity contribution in [1.82, 2.24) is 4.98 Å². The highest BCUT2D eigenvalue weighted by atomic mass is 35.5. The molecule has 0 amide bonds. The maximum absolute atomic E-state index is 6.12. The molecule has 0 saturated heterocycles. The minimum Gasteiger partial charge on any atom is -0.323 e. The summed E-state index contributed by atoms with van der Waals surface area (Å²) < 4.78 is 0. The van der Waals surface area contributed by atoms with Crippen LogP contribution in [-0.4, -0.2) is 4.98 Å². The van der Waals surface area contributed by atoms with Crippen LogP contribution in [0.25, 0.3) is 0 Å². The molecule has 2 rings (SSSR count). The summed E-state index contributed by atoms with van der Waals surface area (Å²) in [6.07, 6.45) is 0.716. The Balaban J connectivity index is 2.19. The Kier molecular flexibility index (Phi) is 4.05. The summed E-state index contributed by atoms with van der Waals surface area (Å²) in [5.41, 5.74) is 7.73. The molecule has 0 bridgehead atoms. The molecule has 1 atom stereocenters. The predicted molar refractivity (Wildman–Crippen MR) is 74.0 cm³/mol. The molecule has 2 N–H and O–H groups in total. The second kappa shape index (κ2) is 5.36. The number of nitrogens with zero attached hydrogens (tertiary/aromatic N) is 1. The Morgan fingerprint density at radius 2 is 2.18 bits per heavy atom. The zero-order valence-corrected chi connectivity index (χ0v) is 11.6. The van der Waals surface area contributed by atoms with Gasteiger partial charge in [-0.2, -0.15) is 0 Å². The number of hydrogen-bond donors (Lipinski definition) is 1. The van der Waals surface area contributed by atoms with Gasteiger partial charge in [0.25, 0.3) is 0 Å². The highest BCUT2D eigenvalue weighted by molar-refractivity contribution is 7.09. The topological polar surface area (TPSA) is 38.9 Å². The third-order valence-electron chi connectivity index (χ3n) is 2.39. The Labute approximate surface area is 114 Å². The highest BCUT2D eigenvalue weighted by Gasteiger charge is 2.08. The van der Waals surface area contributed by atoms with Crippen LogP contribution in [0.4, 0.5) is 0 Å². The lowest BCUT2D eigenvalue weighted by Crippen LogP contribution is -2.05. The van der Waals surface area contributed by atoms with Crippen LogP contribution in [0.2, 0.25) is 10.0 Å². The first-order chi connectivity index (χ1) is 8.06. The molecule has 1 aromatic heterocycles. The molecule has 17 heavy (non-hydrogen) atoms. The molecule has 1 heterocycles. The minimum atomic E-state index is -0.0271. The van der Waals surface area contributed by atoms with Gasteiger partial charge in [0.05, 0.1) is 10.7 Å². The number of nitrogens with two attached hydrogens (primary N) is 1. The van der Waals surface area contributed by atoms with E-state index in [2.05, 4.69) is 4.98 Å². The third-order valence-corrected chi connectivity index (χ3v) is 3.85. The van der Waals surface area contributed by atoms with Crippen LogP contribution >= 0.6 is 34.5 Å². The van der Waals surface area contributed by atoms with Crippen molar-refractivity contribution in [2.45, 2.75) is 19.4 Å². The van der Waals surface area contributed by atoms with Crippen molar-refractivity contribution in [3.63, 3.8) is 0 Å². The lowest BCUT2D eigenvalue weighted by atomic mass is 10.1. The van der Waals surface area contributed by atoms with Crippen molar-refractivity contribution in [2.24, 2.45) is 5.73 Å². The van der Waals surface area contributed by atoms with E-state index in [1.54, 1.807) is 17.4 Å². The molecular weight excluding hydrogens is 275 g/mol. The van der Waals surface area contributed by atoms with Crippen LogP contribution in [0.15, 0.2) is 23.6 Å². The zero-order valence-electron chi connectivity index (χ0n) is 9.28. The molecule has 2 aromatic rings. The SMILES string of the molecule is CC(N)c1csc(Cc2ccc(Cl)cc2Cl)n1. The van der Waals surface area contributed by atoms with Crippen LogP contribution in [-0.2, 0) is 6.42 Å². The Morgan fingerprint density at radius 3 is 2.76 bits per heavy atom. The van der Waals surface area contributed by atoms with E-state index in [0.717, 1.165) is 16.3 Å². The second-order valence-corrected chi connectivity index (χ2v) is 5.65. The van der Waals surface area contributed by atoms with Crippen LogP contribution in [0.5, 0.6) is 0 Å². The fourth-order valence-corrected chi connectivity index (χ4v) is 2.84. The van der Waals surface area contributed by atoms with E-state index in [-0.39, 0.29) is 6.04 Å². The molecule has 0 aliphatic rings. The summed E-state index contributed by atoms with van der Waals surface area (Å²) in [5, 5.41) is 4.33. The number of rotatable bonds is 3. The molecule has 5 heteroatoms. The van der Waals surface area contributed by atoms with Crippen molar-refractivity contribution in [2.75, 3.05) is 0 Å². The van der Waals surface area contributed by atoms with Gasteiger partial charge in [-0.15, -0.1) is 11.3 Å². The molecule has 0 spiro atoms. The van der Waals surface area contributed by atoms with Crippen LogP contribution in [0.1, 0.15) is 29.2 Å². The minimum absolute atomic E-state index is 0.0271. The standard InChI is InChI=1S/C12H12Cl2N2S/c1-7(15)11-6-17-12(16-11)4-8-2-3-9(13)5-10(8)14/h2-3,5-7H,4,15H2,1H3. The molecule has 0 radical (unpaired) electrons. The van der Waals surface area contributed by atoms with E-state index in [0.29, 0.717) is 16.5 Å². The van der Waals surface area contributed by atoms with E-state index < -0.39 is 0 Å². The van der Waals surface area contributed by atoms with Gasteiger partial charge in [-0.3, -0.25) is 0 Å². The van der Waals surface area contributed by atoms with E-state index in [4.69, 9.17) is 28.9 Å². The number of benzene rings is 1. The Morgan fingerprint density at radius 1 is 1.41 bits per heavy atom. The van der Waals surface area contributed by atoms with Gasteiger partial charge in [0.1, 0.15) is 0 Å². The maximum atomic E-state index is 6.12. The van der Waals surface area contributed by atoms with Gasteiger partial charge in [-0.1, -0.05) is 29.3 Å². The fourth-order valence-electron chi connectivity index (χ4n) is 1.44. The summed E-state index contributed by atoms with van der Waals surface area (Å²) in [7, 11) is 0. The summed E-state index contributed by atoms with van der Waals surface area (Å²) in [5.74, 6) is 0. The molecule has 90 valence electrons. The predicted octanol–water partition coefficient (Wildman–Crippen LogP) is 4.06. The van der Waals surface area contributed by atoms with Crippen molar-refractivity contribution < 1.29 is 0 Å². The average Bonchev–Trinajstić information content (AvgIpc) is 2.71. The van der Waals surface area contributed by atoms with Crippen LogP contribution < -0.4 is 5.73 Å². The maximum Gasteiger partial charge on any atom is 0.0973 e. The highest BCUT2D eigenvalue weighted by Crippen LogP contribution is 2.25. The normalized spacial score (nSPS) is 12.7. The third kappa shape index (κ3) is 3.19. The molecule has 2 nitrogen and oxygen atoms in total. The number of thiazole rings is 1. The van der Waals surface area contributed by atoms with E-state index in [9.17, 15) is 0 Å². The van der Waals surface area contributed by atoms with Crippen molar-refractivity contribution in [3.8, 4) is 0 Å². The fraction of sp³-hybridized carbons (Fsp3) is 0.250. The van der Waals surface area contributed by atoms with Crippen LogP contribution in [0.3, 0.4) is 0 Å². The number of aromatic nitrogens is 1. The van der Waals surface area contributed by atoms with Gasteiger partial charge in [0, 0.05) is 27.9 Å². The van der Waals surface area contributed by atoms with E-state index in [1.165, 1.54) is 0 Å². The summed E-state index contributed by atoms with van der Waals surface area (Å²) >= 11 is 13.6. The molecule has 0 aliphatic carbocycles. The zero-order chi connectivity index (χ0) is 12.4. The molecule has 0 fully saturated rings. The quantitative estimate of drug-likeness (QED) is 0.924. The largest absolute Gasteiger partial charge is 0.323 e. The van der Waals surface area contributed by atoms with Crippen molar-refractivity contribution in [1.29, 1.82) is 0 Å². The van der Waals surface area contributed by atoms with Crippen LogP contribution in [0, 0.1) is 0 Å². The van der Waals surface area contributed by atoms with Gasteiger partial charge in [-0.25, -0.2) is 4.98 Å². The number of hydrogen-bond acceptors (Lipinski definition) is 3. The summed E-state index contributed by atoms with van der Waals surface area (Å²) in [6.45, 7) is 1.92. The first-order valence-corrected chi connectivity index (χ1v) is 6.83. The van der Waals surface area contributed by atoms with E-state index >= 15 is 0 Å². The van der Waals surface area contributed by atoms with Gasteiger partial charge in [0.2, 0.25) is 0 Å². The Hall–Kier alpha value is -0.610. The van der Waals surface area contributed by atoms with Gasteiger partial charge in [0.15, 0.2) is 0 Å². The van der Waals surface area contributed by atoms with Crippen molar-refractivity contribution >= 4 is 34.5 Å². The first kappa shape index (κ1) is 12.8. The van der Waals surface area contributed by atoms with Gasteiger partial charge in [-0.05, 0) is 24.6 Å². The monoisotopic (exact) mass is 286 g/mol. The van der Waals surface area contributed by atoms with E-state index in [1.807, 2.05) is 24.4 Å². The lowest BCUT2D eigenvalue weighted by Gasteiger charge is -2.02. The smallest absolute Gasteiger partial charge is 0.0973 e. The van der Waals surface area contributed by atoms with Gasteiger partial charge < -0.3 is 5.73 Å². The first-order valence-electron chi connectivity index (χ1n) is 5.20. The number of halogens is 2. The molecule has 0 saturated carbocycles. The summed E-state index contributed by atoms with van der Waals surface area (Å²) in [6, 6.07) is 5.49. The molecule has 1 unspecified atom stereocenters. The van der Waals surface area contributed by atoms with Crippen molar-refractivity contribution in [3.05, 3.63) is 49.9 Å². The molecule has 1 aromatic carbocycles. The lowest BCUT2D eigenvalue weighted by molar-refractivity contribution is 0.784. The molecule has 0 aliphatic heterocycles. The Bertz CT molecular complexity index is 523. The second-order valence-electron chi connectivity index (χ2n) is 3.87.